The van der Waals surface area contributed by atoms with Crippen molar-refractivity contribution in [2.45, 2.75) is 0 Å². The molecular formula is C13H10N4O2. The Morgan fingerprint density at radius 1 is 1.16 bits per heavy atom. The van der Waals surface area contributed by atoms with Gasteiger partial charge < -0.3 is 15.1 Å². The second-order valence-corrected chi connectivity index (χ2v) is 3.56. The number of benzene rings is 1. The first kappa shape index (κ1) is 12.4. The molecule has 0 aliphatic carbocycles. The van der Waals surface area contributed by atoms with Gasteiger partial charge in [-0.15, -0.1) is 12.8 Å². The molecule has 3 rings (SSSR count). The van der Waals surface area contributed by atoms with Crippen molar-refractivity contribution in [1.82, 2.24) is 19.9 Å². The lowest BCUT2D eigenvalue weighted by Crippen LogP contribution is -2.09. The minimum atomic E-state index is -0.268. The molecule has 6 nitrogen and oxygen atoms in total. The first-order valence-corrected chi connectivity index (χ1v) is 5.30. The Bertz CT molecular complexity index is 768. The molecule has 3 N–H and O–H groups in total. The number of aromatic hydroxyl groups is 1. The van der Waals surface area contributed by atoms with E-state index in [4.69, 9.17) is 0 Å². The van der Waals surface area contributed by atoms with Crippen molar-refractivity contribution in [1.29, 1.82) is 0 Å². The Balaban J connectivity index is 0.000000637. The van der Waals surface area contributed by atoms with Crippen LogP contribution in [0.3, 0.4) is 0 Å². The molecule has 1 aromatic carbocycles. The van der Waals surface area contributed by atoms with Gasteiger partial charge in [0.2, 0.25) is 0 Å². The summed E-state index contributed by atoms with van der Waals surface area (Å²) in [5.41, 5.74) is 1.17. The largest absolute Gasteiger partial charge is 0.508 e. The van der Waals surface area contributed by atoms with E-state index in [-0.39, 0.29) is 11.3 Å². The highest BCUT2D eigenvalue weighted by molar-refractivity contribution is 5.71. The number of hydrogen-bond acceptors (Lipinski definition) is 4. The van der Waals surface area contributed by atoms with Crippen LogP contribution in [0, 0.1) is 12.8 Å². The van der Waals surface area contributed by atoms with Gasteiger partial charge in [-0.25, -0.2) is 9.97 Å². The normalized spacial score (nSPS) is 9.79. The highest BCUT2D eigenvalue weighted by Gasteiger charge is 2.07. The number of fused-ring (bicyclic) bond motifs is 1. The summed E-state index contributed by atoms with van der Waals surface area (Å²) >= 11 is 0. The fourth-order valence-corrected chi connectivity index (χ4v) is 1.60. The van der Waals surface area contributed by atoms with Crippen LogP contribution in [0.25, 0.3) is 22.6 Å². The Morgan fingerprint density at radius 3 is 2.53 bits per heavy atom. The number of phenols is 1. The summed E-state index contributed by atoms with van der Waals surface area (Å²) in [5.74, 6) is 0.589. The van der Waals surface area contributed by atoms with Gasteiger partial charge in [0.1, 0.15) is 11.6 Å². The monoisotopic (exact) mass is 254 g/mol. The lowest BCUT2D eigenvalue weighted by atomic mass is 10.2. The van der Waals surface area contributed by atoms with Crippen LogP contribution in [-0.4, -0.2) is 25.0 Å². The second kappa shape index (κ2) is 5.06. The summed E-state index contributed by atoms with van der Waals surface area (Å²) in [5, 5.41) is 9.19. The third kappa shape index (κ3) is 2.30. The molecule has 0 fully saturated rings. The molecule has 19 heavy (non-hydrogen) atoms. The number of terminal acetylenes is 1. The Morgan fingerprint density at radius 2 is 1.84 bits per heavy atom. The maximum atomic E-state index is 11.7. The second-order valence-electron chi connectivity index (χ2n) is 3.56. The van der Waals surface area contributed by atoms with E-state index in [9.17, 15) is 9.90 Å². The van der Waals surface area contributed by atoms with Gasteiger partial charge in [-0.1, -0.05) is 0 Å². The molecule has 6 heteroatoms. The maximum absolute atomic E-state index is 11.7. The zero-order valence-electron chi connectivity index (χ0n) is 9.79. The number of imidazole rings is 1. The highest BCUT2D eigenvalue weighted by Crippen LogP contribution is 2.18. The van der Waals surface area contributed by atoms with E-state index in [2.05, 4.69) is 32.8 Å². The molecule has 94 valence electrons. The van der Waals surface area contributed by atoms with Crippen LogP contribution >= 0.6 is 0 Å². The van der Waals surface area contributed by atoms with Crippen molar-refractivity contribution in [2.24, 2.45) is 0 Å². The van der Waals surface area contributed by atoms with E-state index in [1.807, 2.05) is 0 Å². The molecule has 0 amide bonds. The summed E-state index contributed by atoms with van der Waals surface area (Å²) in [6.07, 6.45) is 9.42. The van der Waals surface area contributed by atoms with Gasteiger partial charge in [-0.2, -0.15) is 0 Å². The van der Waals surface area contributed by atoms with E-state index in [0.717, 1.165) is 0 Å². The number of H-pyrrole nitrogens is 2. The van der Waals surface area contributed by atoms with Gasteiger partial charge >= 0.3 is 0 Å². The Kier molecular flexibility index (Phi) is 3.30. The standard InChI is InChI=1S/C11H8N4O2.C2H2/c16-7-3-1-6(2-4-7)9-14-10-8(11(17)15-9)12-5-13-10;1-2/h1-5,16H,(H2,12,13,14,15,17);1-2H. The summed E-state index contributed by atoms with van der Waals surface area (Å²) < 4.78 is 0. The quantitative estimate of drug-likeness (QED) is 0.570. The average Bonchev–Trinajstić information content (AvgIpc) is 2.91. The van der Waals surface area contributed by atoms with Crippen LogP contribution in [0.1, 0.15) is 0 Å². The van der Waals surface area contributed by atoms with Crippen LogP contribution < -0.4 is 5.56 Å². The predicted molar refractivity (Wildman–Crippen MR) is 71.5 cm³/mol. The Labute approximate surface area is 108 Å². The molecule has 0 atom stereocenters. The maximum Gasteiger partial charge on any atom is 0.277 e. The van der Waals surface area contributed by atoms with Crippen molar-refractivity contribution >= 4 is 11.2 Å². The van der Waals surface area contributed by atoms with Crippen molar-refractivity contribution in [3.63, 3.8) is 0 Å². The topological polar surface area (TPSA) is 94.7 Å². The molecule has 0 saturated heterocycles. The third-order valence-corrected chi connectivity index (χ3v) is 2.44. The number of hydrogen-bond donors (Lipinski definition) is 3. The van der Waals surface area contributed by atoms with Crippen LogP contribution in [0.5, 0.6) is 5.75 Å². The van der Waals surface area contributed by atoms with Crippen LogP contribution in [0.15, 0.2) is 35.4 Å². The van der Waals surface area contributed by atoms with Crippen LogP contribution in [0.4, 0.5) is 0 Å². The van der Waals surface area contributed by atoms with E-state index in [0.29, 0.717) is 22.6 Å². The number of aromatic nitrogens is 4. The summed E-state index contributed by atoms with van der Waals surface area (Å²) in [6, 6.07) is 6.41. The molecule has 0 bridgehead atoms. The van der Waals surface area contributed by atoms with Crippen molar-refractivity contribution in [3.8, 4) is 30.0 Å². The van der Waals surface area contributed by atoms with E-state index in [1.165, 1.54) is 18.5 Å². The van der Waals surface area contributed by atoms with E-state index >= 15 is 0 Å². The van der Waals surface area contributed by atoms with Crippen LogP contribution in [-0.2, 0) is 0 Å². The smallest absolute Gasteiger partial charge is 0.277 e. The van der Waals surface area contributed by atoms with E-state index < -0.39 is 0 Å². The molecule has 2 aromatic heterocycles. The van der Waals surface area contributed by atoms with Gasteiger partial charge in [0.15, 0.2) is 11.2 Å². The Hall–Kier alpha value is -3.07. The molecule has 0 radical (unpaired) electrons. The molecular weight excluding hydrogens is 244 g/mol. The molecule has 0 aliphatic heterocycles. The fraction of sp³-hybridized carbons (Fsp3) is 0. The average molecular weight is 254 g/mol. The lowest BCUT2D eigenvalue weighted by Gasteiger charge is -2.00. The fourth-order valence-electron chi connectivity index (χ4n) is 1.60. The lowest BCUT2D eigenvalue weighted by molar-refractivity contribution is 0.475. The summed E-state index contributed by atoms with van der Waals surface area (Å²) in [7, 11) is 0. The SMILES string of the molecule is C#C.O=c1[nH]c(-c2ccc(O)cc2)nc2nc[nH]c12. The van der Waals surface area contributed by atoms with Gasteiger partial charge in [0.25, 0.3) is 5.56 Å². The number of phenolic OH excluding ortho intramolecular Hbond substituents is 1. The molecule has 0 aliphatic rings. The summed E-state index contributed by atoms with van der Waals surface area (Å²) in [4.78, 5) is 25.2. The van der Waals surface area contributed by atoms with Gasteiger partial charge in [0, 0.05) is 5.56 Å². The first-order chi connectivity index (χ1) is 9.24. The van der Waals surface area contributed by atoms with Gasteiger partial charge in [-0.3, -0.25) is 4.79 Å². The number of rotatable bonds is 1. The van der Waals surface area contributed by atoms with Gasteiger partial charge in [0.05, 0.1) is 6.33 Å². The number of nitrogens with one attached hydrogen (secondary N) is 2. The summed E-state index contributed by atoms with van der Waals surface area (Å²) in [6.45, 7) is 0. The molecule has 0 unspecified atom stereocenters. The number of nitrogens with zero attached hydrogens (tertiary/aromatic N) is 2. The third-order valence-electron chi connectivity index (χ3n) is 2.44. The molecule has 2 heterocycles. The zero-order valence-corrected chi connectivity index (χ0v) is 9.79. The van der Waals surface area contributed by atoms with Gasteiger partial charge in [-0.05, 0) is 24.3 Å². The minimum Gasteiger partial charge on any atom is -0.508 e. The first-order valence-electron chi connectivity index (χ1n) is 5.30. The van der Waals surface area contributed by atoms with Crippen molar-refractivity contribution in [2.75, 3.05) is 0 Å². The molecule has 0 saturated carbocycles. The van der Waals surface area contributed by atoms with E-state index in [1.54, 1.807) is 12.1 Å². The minimum absolute atomic E-state index is 0.164. The number of aromatic amines is 2. The molecule has 3 aromatic rings. The van der Waals surface area contributed by atoms with Crippen molar-refractivity contribution < 1.29 is 5.11 Å². The van der Waals surface area contributed by atoms with Crippen LogP contribution in [0.2, 0.25) is 0 Å². The molecule has 0 spiro atoms. The highest BCUT2D eigenvalue weighted by atomic mass is 16.3. The zero-order chi connectivity index (χ0) is 13.8. The van der Waals surface area contributed by atoms with Crippen molar-refractivity contribution in [3.05, 3.63) is 40.9 Å². The predicted octanol–water partition coefficient (Wildman–Crippen LogP) is 1.27.